The van der Waals surface area contributed by atoms with Crippen molar-refractivity contribution in [3.8, 4) is 0 Å². The Balaban J connectivity index is 0.000000260. The van der Waals surface area contributed by atoms with Gasteiger partial charge in [-0.25, -0.2) is 0 Å². The molecule has 35 heavy (non-hydrogen) atoms. The normalized spacial score (nSPS) is 30.6. The van der Waals surface area contributed by atoms with Crippen molar-refractivity contribution in [3.05, 3.63) is 0 Å². The van der Waals surface area contributed by atoms with Gasteiger partial charge < -0.3 is 9.47 Å². The monoisotopic (exact) mass is 504 g/mol. The first-order valence-electron chi connectivity index (χ1n) is 13.3. The first kappa shape index (κ1) is 30.0. The highest BCUT2D eigenvalue weighted by molar-refractivity contribution is 5.77. The number of hydrogen-bond acceptors (Lipinski definition) is 4. The summed E-state index contributed by atoms with van der Waals surface area (Å²) in [7, 11) is 0. The molecular weight excluding hydrogens is 457 g/mol. The predicted octanol–water partition coefficient (Wildman–Crippen LogP) is 7.88. The van der Waals surface area contributed by atoms with Gasteiger partial charge in [-0.3, -0.25) is 9.59 Å². The molecule has 204 valence electrons. The Morgan fingerprint density at radius 1 is 0.857 bits per heavy atom. The van der Waals surface area contributed by atoms with Crippen LogP contribution in [0.5, 0.6) is 0 Å². The van der Waals surface area contributed by atoms with E-state index in [4.69, 9.17) is 9.47 Å². The maximum atomic E-state index is 12.6. The highest BCUT2D eigenvalue weighted by atomic mass is 19.4. The van der Waals surface area contributed by atoms with Gasteiger partial charge in [0, 0.05) is 5.41 Å². The average molecular weight is 505 g/mol. The van der Waals surface area contributed by atoms with Crippen LogP contribution in [0.4, 0.5) is 13.2 Å². The van der Waals surface area contributed by atoms with E-state index in [0.717, 1.165) is 31.1 Å². The number of carbonyl (C=O) groups excluding carboxylic acids is 2. The van der Waals surface area contributed by atoms with Crippen molar-refractivity contribution in [2.75, 3.05) is 0 Å². The number of halogens is 3. The van der Waals surface area contributed by atoms with Crippen LogP contribution < -0.4 is 0 Å². The number of hydrogen-bond donors (Lipinski definition) is 0. The maximum absolute atomic E-state index is 12.6. The summed E-state index contributed by atoms with van der Waals surface area (Å²) < 4.78 is 48.7. The van der Waals surface area contributed by atoms with E-state index in [9.17, 15) is 22.8 Å². The molecule has 2 atom stereocenters. The topological polar surface area (TPSA) is 52.6 Å². The molecule has 4 nitrogen and oxygen atoms in total. The van der Waals surface area contributed by atoms with Gasteiger partial charge in [0.15, 0.2) is 5.41 Å². The van der Waals surface area contributed by atoms with Gasteiger partial charge in [0.25, 0.3) is 0 Å². The lowest BCUT2D eigenvalue weighted by atomic mass is 9.46. The van der Waals surface area contributed by atoms with Crippen molar-refractivity contribution < 1.29 is 32.2 Å². The number of ether oxygens (including phenoxy) is 2. The van der Waals surface area contributed by atoms with E-state index < -0.39 is 23.2 Å². The molecule has 0 saturated heterocycles. The molecule has 0 amide bonds. The molecule has 4 aliphatic rings. The van der Waals surface area contributed by atoms with Crippen molar-refractivity contribution in [2.45, 2.75) is 131 Å². The third kappa shape index (κ3) is 6.54. The van der Waals surface area contributed by atoms with Crippen LogP contribution in [-0.4, -0.2) is 29.3 Å². The molecule has 0 radical (unpaired) electrons. The van der Waals surface area contributed by atoms with Gasteiger partial charge in [0.05, 0.1) is 5.92 Å². The summed E-state index contributed by atoms with van der Waals surface area (Å²) >= 11 is 0. The summed E-state index contributed by atoms with van der Waals surface area (Å²) in [5.74, 6) is 1.54. The van der Waals surface area contributed by atoms with Crippen LogP contribution in [0.1, 0.15) is 114 Å². The molecule has 0 aliphatic heterocycles. The fourth-order valence-corrected chi connectivity index (χ4v) is 6.33. The average Bonchev–Trinajstić information content (AvgIpc) is 2.69. The summed E-state index contributed by atoms with van der Waals surface area (Å²) in [4.78, 5) is 23.7. The molecule has 7 heteroatoms. The van der Waals surface area contributed by atoms with Gasteiger partial charge in [-0.1, -0.05) is 20.8 Å². The van der Waals surface area contributed by atoms with Crippen LogP contribution in [0.25, 0.3) is 0 Å². The van der Waals surface area contributed by atoms with E-state index >= 15 is 0 Å². The Morgan fingerprint density at radius 3 is 1.60 bits per heavy atom. The lowest BCUT2D eigenvalue weighted by Gasteiger charge is -2.61. The molecule has 0 aromatic heterocycles. The summed E-state index contributed by atoms with van der Waals surface area (Å²) in [6, 6.07) is 0. The third-order valence-electron chi connectivity index (χ3n) is 8.87. The van der Waals surface area contributed by atoms with Gasteiger partial charge in [-0.15, -0.1) is 0 Å². The van der Waals surface area contributed by atoms with E-state index in [2.05, 4.69) is 20.8 Å². The molecule has 0 aromatic carbocycles. The summed E-state index contributed by atoms with van der Waals surface area (Å²) in [6.07, 6.45) is 4.16. The lowest BCUT2D eigenvalue weighted by Crippen LogP contribution is -2.57. The second kappa shape index (κ2) is 10.2. The molecule has 4 rings (SSSR count). The second-order valence-corrected chi connectivity index (χ2v) is 13.1. The Bertz CT molecular complexity index is 730. The molecule has 4 saturated carbocycles. The highest BCUT2D eigenvalue weighted by Crippen LogP contribution is 2.64. The zero-order valence-corrected chi connectivity index (χ0v) is 23.2. The summed E-state index contributed by atoms with van der Waals surface area (Å²) in [6.45, 7) is 15.2. The maximum Gasteiger partial charge on any atom is 0.404 e. The Morgan fingerprint density at radius 2 is 1.29 bits per heavy atom. The first-order valence-corrected chi connectivity index (χ1v) is 13.3. The van der Waals surface area contributed by atoms with E-state index in [1.807, 2.05) is 6.92 Å². The van der Waals surface area contributed by atoms with Crippen molar-refractivity contribution in [2.24, 2.45) is 34.5 Å². The number of esters is 2. The molecule has 4 bridgehead atoms. The zero-order chi connectivity index (χ0) is 27.0. The molecule has 0 aromatic rings. The molecule has 4 aliphatic carbocycles. The van der Waals surface area contributed by atoms with Gasteiger partial charge in [-0.2, -0.15) is 13.2 Å². The summed E-state index contributed by atoms with van der Waals surface area (Å²) in [5, 5.41) is 0. The predicted molar refractivity (Wildman–Crippen MR) is 131 cm³/mol. The van der Waals surface area contributed by atoms with E-state index in [0.29, 0.717) is 0 Å². The minimum absolute atomic E-state index is 0.00763. The molecule has 4 fully saturated rings. The van der Waals surface area contributed by atoms with Gasteiger partial charge in [-0.05, 0) is 111 Å². The second-order valence-electron chi connectivity index (χ2n) is 13.1. The van der Waals surface area contributed by atoms with Crippen molar-refractivity contribution in [1.29, 1.82) is 0 Å². The number of carbonyl (C=O) groups is 2. The van der Waals surface area contributed by atoms with Crippen LogP contribution in [-0.2, 0) is 19.1 Å². The number of alkyl halides is 3. The van der Waals surface area contributed by atoms with Crippen LogP contribution in [0.2, 0.25) is 0 Å². The Hall–Kier alpha value is -1.27. The SMILES string of the molecule is CCC(C)(C(=O)OC(C)(C)C)C(F)(F)F.CCC(C)C(=O)OC(C)(C)C12CC3CC(CC(C3)C1)C2. The fourth-order valence-electron chi connectivity index (χ4n) is 6.33. The van der Waals surface area contributed by atoms with Gasteiger partial charge in [0.2, 0.25) is 0 Å². The van der Waals surface area contributed by atoms with Gasteiger partial charge >= 0.3 is 18.1 Å². The van der Waals surface area contributed by atoms with E-state index in [-0.39, 0.29) is 29.3 Å². The van der Waals surface area contributed by atoms with Crippen molar-refractivity contribution in [1.82, 2.24) is 0 Å². The van der Waals surface area contributed by atoms with Crippen molar-refractivity contribution in [3.63, 3.8) is 0 Å². The molecular formula is C28H47F3O4. The quantitative estimate of drug-likeness (QED) is 0.345. The minimum Gasteiger partial charge on any atom is -0.459 e. The van der Waals surface area contributed by atoms with Crippen molar-refractivity contribution >= 4 is 11.9 Å². The molecule has 2 unspecified atom stereocenters. The fraction of sp³-hybridized carbons (Fsp3) is 0.929. The Kier molecular flexibility index (Phi) is 8.76. The van der Waals surface area contributed by atoms with Crippen LogP contribution in [0.3, 0.4) is 0 Å². The largest absolute Gasteiger partial charge is 0.459 e. The van der Waals surface area contributed by atoms with Crippen LogP contribution in [0.15, 0.2) is 0 Å². The molecule has 0 N–H and O–H groups in total. The third-order valence-corrected chi connectivity index (χ3v) is 8.87. The highest BCUT2D eigenvalue weighted by Gasteiger charge is 2.59. The van der Waals surface area contributed by atoms with Crippen LogP contribution >= 0.6 is 0 Å². The van der Waals surface area contributed by atoms with Gasteiger partial charge in [0.1, 0.15) is 11.2 Å². The lowest BCUT2D eigenvalue weighted by molar-refractivity contribution is -0.236. The molecule has 0 heterocycles. The standard InChI is InChI=1S/C18H30O2.C10H17F3O2/c1-5-12(2)16(19)20-17(3,4)18-9-13-6-14(10-18)8-15(7-13)11-18;1-6-9(5,10(11,12)13)7(14)15-8(2,3)4/h12-15H,5-11H2,1-4H3;6H2,1-5H3. The minimum atomic E-state index is -4.58. The smallest absolute Gasteiger partial charge is 0.404 e. The number of rotatable bonds is 6. The Labute approximate surface area is 210 Å². The van der Waals surface area contributed by atoms with Crippen LogP contribution in [0, 0.1) is 34.5 Å². The summed E-state index contributed by atoms with van der Waals surface area (Å²) in [5.41, 5.74) is -3.34. The molecule has 0 spiro atoms. The van der Waals surface area contributed by atoms with E-state index in [1.165, 1.54) is 66.2 Å². The van der Waals surface area contributed by atoms with E-state index in [1.54, 1.807) is 0 Å². The first-order chi connectivity index (χ1) is 15.8. The zero-order valence-electron chi connectivity index (χ0n) is 23.2.